The molecule has 2 unspecified atom stereocenters. The minimum atomic E-state index is -0.0498. The maximum absolute atomic E-state index is 13.0. The van der Waals surface area contributed by atoms with Gasteiger partial charge in [-0.05, 0) is 56.9 Å². The summed E-state index contributed by atoms with van der Waals surface area (Å²) in [7, 11) is 0. The zero-order valence-electron chi connectivity index (χ0n) is 15.2. The van der Waals surface area contributed by atoms with Gasteiger partial charge in [0.25, 0.3) is 5.91 Å². The van der Waals surface area contributed by atoms with Crippen molar-refractivity contribution in [1.29, 1.82) is 0 Å². The van der Waals surface area contributed by atoms with E-state index < -0.39 is 0 Å². The molecule has 0 saturated carbocycles. The number of carbonyl (C=O) groups is 1. The van der Waals surface area contributed by atoms with Gasteiger partial charge in [-0.3, -0.25) is 4.79 Å². The summed E-state index contributed by atoms with van der Waals surface area (Å²) < 4.78 is 1.69. The van der Waals surface area contributed by atoms with Gasteiger partial charge in [0, 0.05) is 17.5 Å². The van der Waals surface area contributed by atoms with E-state index in [1.165, 1.54) is 29.7 Å². The Morgan fingerprint density at radius 3 is 2.96 bits per heavy atom. The lowest BCUT2D eigenvalue weighted by Crippen LogP contribution is -2.42. The van der Waals surface area contributed by atoms with Crippen molar-refractivity contribution in [2.75, 3.05) is 6.54 Å². The van der Waals surface area contributed by atoms with E-state index in [1.54, 1.807) is 22.2 Å². The Morgan fingerprint density at radius 1 is 1.23 bits per heavy atom. The maximum atomic E-state index is 13.0. The van der Waals surface area contributed by atoms with Gasteiger partial charge in [-0.15, -0.1) is 16.4 Å². The Morgan fingerprint density at radius 2 is 2.12 bits per heavy atom. The number of carbonyl (C=O) groups excluding carboxylic acids is 1. The van der Waals surface area contributed by atoms with Crippen LogP contribution in [0.3, 0.4) is 0 Å². The second-order valence-electron chi connectivity index (χ2n) is 7.70. The van der Waals surface area contributed by atoms with Crippen LogP contribution in [0.15, 0.2) is 6.33 Å². The lowest BCUT2D eigenvalue weighted by Gasteiger charge is -2.32. The van der Waals surface area contributed by atoms with E-state index in [9.17, 15) is 4.79 Å². The highest BCUT2D eigenvalue weighted by atomic mass is 32.1. The van der Waals surface area contributed by atoms with Crippen LogP contribution >= 0.6 is 11.3 Å². The summed E-state index contributed by atoms with van der Waals surface area (Å²) in [5.41, 5.74) is 2.17. The zero-order chi connectivity index (χ0) is 17.8. The van der Waals surface area contributed by atoms with Crippen molar-refractivity contribution in [3.8, 4) is 0 Å². The van der Waals surface area contributed by atoms with Gasteiger partial charge in [0.2, 0.25) is 5.82 Å². The Bertz CT molecular complexity index is 1010. The molecule has 1 saturated heterocycles. The summed E-state index contributed by atoms with van der Waals surface area (Å²) in [5, 5.41) is 5.59. The number of amides is 1. The Labute approximate surface area is 156 Å². The predicted molar refractivity (Wildman–Crippen MR) is 102 cm³/mol. The summed E-state index contributed by atoms with van der Waals surface area (Å²) in [6, 6.07) is 0.259. The van der Waals surface area contributed by atoms with Gasteiger partial charge >= 0.3 is 0 Å². The van der Waals surface area contributed by atoms with Gasteiger partial charge < -0.3 is 4.90 Å². The van der Waals surface area contributed by atoms with E-state index in [0.29, 0.717) is 11.7 Å². The highest BCUT2D eigenvalue weighted by Crippen LogP contribution is 2.42. The molecular weight excluding hydrogens is 346 g/mol. The minimum Gasteiger partial charge on any atom is -0.333 e. The molecule has 0 radical (unpaired) electrons. The normalized spacial score (nSPS) is 23.5. The lowest BCUT2D eigenvalue weighted by atomic mass is 9.87. The second-order valence-corrected chi connectivity index (χ2v) is 8.79. The van der Waals surface area contributed by atoms with Crippen LogP contribution in [0.5, 0.6) is 0 Å². The van der Waals surface area contributed by atoms with Crippen molar-refractivity contribution in [1.82, 2.24) is 24.5 Å². The van der Waals surface area contributed by atoms with Gasteiger partial charge in [-0.1, -0.05) is 6.92 Å². The summed E-state index contributed by atoms with van der Waals surface area (Å²) in [6.45, 7) is 5.20. The Hall–Kier alpha value is -2.02. The number of likely N-dealkylation sites (tertiary alicyclic amines) is 1. The lowest BCUT2D eigenvalue weighted by molar-refractivity contribution is 0.0623. The number of thiophene rings is 1. The van der Waals surface area contributed by atoms with Gasteiger partial charge in [0.05, 0.1) is 5.39 Å². The molecule has 7 heteroatoms. The zero-order valence-corrected chi connectivity index (χ0v) is 16.1. The molecule has 3 aromatic rings. The summed E-state index contributed by atoms with van der Waals surface area (Å²) in [5.74, 6) is 0.765. The first-order valence-electron chi connectivity index (χ1n) is 9.61. The molecule has 6 nitrogen and oxygen atoms in total. The molecule has 0 aromatic carbocycles. The average molecular weight is 369 g/mol. The van der Waals surface area contributed by atoms with Crippen molar-refractivity contribution in [3.63, 3.8) is 0 Å². The number of hydrogen-bond acceptors (Lipinski definition) is 5. The van der Waals surface area contributed by atoms with Crippen LogP contribution in [-0.4, -0.2) is 43.0 Å². The van der Waals surface area contributed by atoms with Crippen LogP contribution < -0.4 is 0 Å². The number of aromatic nitrogens is 4. The fourth-order valence-electron chi connectivity index (χ4n) is 4.50. The fourth-order valence-corrected chi connectivity index (χ4v) is 5.80. The van der Waals surface area contributed by atoms with Crippen molar-refractivity contribution in [3.05, 3.63) is 22.6 Å². The standard InChI is InChI=1S/C19H23N5OS/c1-11-6-5-8-13-14(11)15-17-21-16(22-24(17)10-20-18(15)26-13)19(25)23-9-4-3-7-12(23)2/h10-12H,3-9H2,1-2H3. The number of fused-ring (bicyclic) bond motifs is 5. The largest absolute Gasteiger partial charge is 0.333 e. The first-order chi connectivity index (χ1) is 12.6. The summed E-state index contributed by atoms with van der Waals surface area (Å²) in [6.07, 6.45) is 8.57. The topological polar surface area (TPSA) is 63.4 Å². The molecule has 0 N–H and O–H groups in total. The van der Waals surface area contributed by atoms with Crippen LogP contribution in [0.1, 0.15) is 72.9 Å². The van der Waals surface area contributed by atoms with Crippen LogP contribution in [-0.2, 0) is 6.42 Å². The van der Waals surface area contributed by atoms with Crippen molar-refractivity contribution in [2.24, 2.45) is 0 Å². The van der Waals surface area contributed by atoms with E-state index >= 15 is 0 Å². The fraction of sp³-hybridized carbons (Fsp3) is 0.579. The SMILES string of the molecule is CC1CCCc2sc3ncn4nc(C(=O)N5CCCCC5C)nc4c3c21. The quantitative estimate of drug-likeness (QED) is 0.655. The van der Waals surface area contributed by atoms with Crippen molar-refractivity contribution >= 4 is 33.1 Å². The molecule has 0 bridgehead atoms. The van der Waals surface area contributed by atoms with Crippen LogP contribution in [0.2, 0.25) is 0 Å². The van der Waals surface area contributed by atoms with Gasteiger partial charge in [0.1, 0.15) is 11.2 Å². The monoisotopic (exact) mass is 369 g/mol. The van der Waals surface area contributed by atoms with E-state index in [4.69, 9.17) is 4.98 Å². The average Bonchev–Trinajstić information content (AvgIpc) is 3.23. The molecule has 26 heavy (non-hydrogen) atoms. The molecule has 1 aliphatic heterocycles. The molecule has 0 spiro atoms. The number of hydrogen-bond donors (Lipinski definition) is 0. The molecule has 5 rings (SSSR count). The minimum absolute atomic E-state index is 0.0498. The molecule has 1 fully saturated rings. The molecule has 4 heterocycles. The van der Waals surface area contributed by atoms with Crippen molar-refractivity contribution < 1.29 is 4.79 Å². The Kier molecular flexibility index (Phi) is 3.74. The molecule has 136 valence electrons. The van der Waals surface area contributed by atoms with Gasteiger partial charge in [-0.25, -0.2) is 14.5 Å². The molecule has 1 amide bonds. The van der Waals surface area contributed by atoms with E-state index in [0.717, 1.165) is 41.7 Å². The second kappa shape index (κ2) is 6.01. The highest BCUT2D eigenvalue weighted by molar-refractivity contribution is 7.19. The summed E-state index contributed by atoms with van der Waals surface area (Å²) in [4.78, 5) is 26.7. The van der Waals surface area contributed by atoms with Crippen molar-refractivity contribution in [2.45, 2.75) is 64.3 Å². The third kappa shape index (κ3) is 2.36. The smallest absolute Gasteiger partial charge is 0.293 e. The van der Waals surface area contributed by atoms with Gasteiger partial charge in [0.15, 0.2) is 5.65 Å². The van der Waals surface area contributed by atoms with Crippen LogP contribution in [0.25, 0.3) is 15.9 Å². The van der Waals surface area contributed by atoms with Gasteiger partial charge in [-0.2, -0.15) is 0 Å². The number of rotatable bonds is 1. The molecule has 2 aliphatic rings. The third-order valence-electron chi connectivity index (χ3n) is 5.93. The summed E-state index contributed by atoms with van der Waals surface area (Å²) >= 11 is 1.78. The van der Waals surface area contributed by atoms with Crippen LogP contribution in [0.4, 0.5) is 0 Å². The van der Waals surface area contributed by atoms with Crippen LogP contribution in [0, 0.1) is 0 Å². The first-order valence-corrected chi connectivity index (χ1v) is 10.4. The first kappa shape index (κ1) is 16.2. The predicted octanol–water partition coefficient (Wildman–Crippen LogP) is 3.79. The number of aryl methyl sites for hydroxylation is 1. The molecule has 3 aromatic heterocycles. The van der Waals surface area contributed by atoms with E-state index in [-0.39, 0.29) is 11.9 Å². The molecular formula is C19H23N5OS. The molecule has 2 atom stereocenters. The number of piperidine rings is 1. The third-order valence-corrected chi connectivity index (χ3v) is 7.10. The Balaban J connectivity index is 1.64. The number of nitrogens with zero attached hydrogens (tertiary/aromatic N) is 5. The van der Waals surface area contributed by atoms with E-state index in [2.05, 4.69) is 23.9 Å². The molecule has 1 aliphatic carbocycles. The highest BCUT2D eigenvalue weighted by Gasteiger charge is 2.29. The maximum Gasteiger partial charge on any atom is 0.293 e. The van der Waals surface area contributed by atoms with E-state index in [1.807, 2.05) is 4.90 Å².